The third kappa shape index (κ3) is 6.60. The average Bonchev–Trinajstić information content (AvgIpc) is 2.94. The van der Waals surface area contributed by atoms with Crippen molar-refractivity contribution in [3.8, 4) is 5.75 Å². The quantitative estimate of drug-likeness (QED) is 0.515. The van der Waals surface area contributed by atoms with E-state index in [1.54, 1.807) is 18.2 Å². The van der Waals surface area contributed by atoms with Crippen LogP contribution in [0, 0.1) is 11.6 Å². The van der Waals surface area contributed by atoms with Gasteiger partial charge in [-0.15, -0.1) is 0 Å². The van der Waals surface area contributed by atoms with Gasteiger partial charge in [0.05, 0.1) is 18.8 Å². The lowest BCUT2D eigenvalue weighted by molar-refractivity contribution is -0.150. The van der Waals surface area contributed by atoms with Crippen molar-refractivity contribution in [2.24, 2.45) is 0 Å². The highest BCUT2D eigenvalue weighted by Crippen LogP contribution is 2.38. The minimum Gasteiger partial charge on any atom is -0.478 e. The number of hydrogen-bond donors (Lipinski definition) is 1. The summed E-state index contributed by atoms with van der Waals surface area (Å²) in [6.07, 6.45) is 3.62. The molecule has 1 aliphatic carbocycles. The fourth-order valence-electron chi connectivity index (χ4n) is 4.79. The molecule has 0 radical (unpaired) electrons. The van der Waals surface area contributed by atoms with E-state index < -0.39 is 47.7 Å². The van der Waals surface area contributed by atoms with Gasteiger partial charge in [0.25, 0.3) is 5.91 Å². The van der Waals surface area contributed by atoms with Gasteiger partial charge in [-0.05, 0) is 63.9 Å². The average molecular weight is 535 g/mol. The maximum atomic E-state index is 14.7. The molecular weight excluding hydrogens is 502 g/mol. The van der Waals surface area contributed by atoms with E-state index in [2.05, 4.69) is 5.32 Å². The van der Waals surface area contributed by atoms with Crippen LogP contribution in [-0.2, 0) is 20.9 Å². The summed E-state index contributed by atoms with van der Waals surface area (Å²) in [5, 5.41) is 3.40. The van der Waals surface area contributed by atoms with Crippen LogP contribution in [0.15, 0.2) is 36.4 Å². The van der Waals surface area contributed by atoms with Crippen molar-refractivity contribution in [2.45, 2.75) is 83.2 Å². The Hall–Kier alpha value is -2.71. The summed E-state index contributed by atoms with van der Waals surface area (Å²) in [4.78, 5) is 28.9. The Bertz CT molecular complexity index is 1130. The van der Waals surface area contributed by atoms with Crippen LogP contribution in [0.3, 0.4) is 0 Å². The normalized spacial score (nSPS) is 20.7. The molecule has 2 aromatic rings. The van der Waals surface area contributed by atoms with Gasteiger partial charge in [0.1, 0.15) is 23.4 Å². The number of benzene rings is 2. The van der Waals surface area contributed by atoms with E-state index in [1.807, 2.05) is 20.8 Å². The highest BCUT2D eigenvalue weighted by Gasteiger charge is 2.42. The topological polar surface area (TPSA) is 67.9 Å². The summed E-state index contributed by atoms with van der Waals surface area (Å²) in [7, 11) is 0. The van der Waals surface area contributed by atoms with Gasteiger partial charge in [0.2, 0.25) is 5.91 Å². The lowest BCUT2D eigenvalue weighted by atomic mass is 9.94. The number of nitrogens with one attached hydrogen (secondary N) is 1. The van der Waals surface area contributed by atoms with Crippen LogP contribution in [-0.4, -0.2) is 41.1 Å². The summed E-state index contributed by atoms with van der Waals surface area (Å²) in [5.41, 5.74) is -0.532. The van der Waals surface area contributed by atoms with E-state index >= 15 is 0 Å². The largest absolute Gasteiger partial charge is 0.478 e. The van der Waals surface area contributed by atoms with E-state index in [0.717, 1.165) is 44.2 Å². The molecule has 2 amide bonds. The van der Waals surface area contributed by atoms with E-state index in [4.69, 9.17) is 21.1 Å². The molecule has 0 bridgehead atoms. The standard InChI is InChI=1S/C28H33ClF2N2O4/c1-28(2,3)36-16-24-27(35)33(15-20-21(30)10-7-11-22(20)31)25(19-14-17(29)12-13-23(19)37-24)26(34)32-18-8-5-4-6-9-18/h7,10-14,18,24-25H,4-6,8-9,15-16H2,1-3H3,(H,32,34). The van der Waals surface area contributed by atoms with Crippen LogP contribution in [0.5, 0.6) is 5.75 Å². The molecule has 1 heterocycles. The number of halogens is 3. The Morgan fingerprint density at radius 1 is 1.14 bits per heavy atom. The molecule has 4 rings (SSSR count). The highest BCUT2D eigenvalue weighted by molar-refractivity contribution is 6.30. The van der Waals surface area contributed by atoms with Crippen LogP contribution in [0.25, 0.3) is 0 Å². The first-order chi connectivity index (χ1) is 17.5. The number of nitrogens with zero attached hydrogens (tertiary/aromatic N) is 1. The second kappa shape index (κ2) is 11.4. The lowest BCUT2D eigenvalue weighted by Gasteiger charge is -2.33. The van der Waals surface area contributed by atoms with E-state index in [9.17, 15) is 18.4 Å². The number of carbonyl (C=O) groups is 2. The fraction of sp³-hybridized carbons (Fsp3) is 0.500. The maximum Gasteiger partial charge on any atom is 0.267 e. The molecule has 1 N–H and O–H groups in total. The van der Waals surface area contributed by atoms with Crippen molar-refractivity contribution in [3.63, 3.8) is 0 Å². The number of ether oxygens (including phenoxy) is 2. The predicted molar refractivity (Wildman–Crippen MR) is 136 cm³/mol. The zero-order chi connectivity index (χ0) is 26.7. The molecule has 2 aliphatic rings. The SMILES string of the molecule is CC(C)(C)OCC1Oc2ccc(Cl)cc2C(C(=O)NC2CCCCC2)N(Cc2c(F)cccc2F)C1=O. The number of hydrogen-bond acceptors (Lipinski definition) is 4. The van der Waals surface area contributed by atoms with Gasteiger partial charge in [-0.3, -0.25) is 9.59 Å². The van der Waals surface area contributed by atoms with Crippen molar-refractivity contribution in [1.82, 2.24) is 10.2 Å². The zero-order valence-electron chi connectivity index (χ0n) is 21.4. The van der Waals surface area contributed by atoms with Gasteiger partial charge in [-0.25, -0.2) is 8.78 Å². The van der Waals surface area contributed by atoms with Crippen LogP contribution in [0.2, 0.25) is 5.02 Å². The van der Waals surface area contributed by atoms with E-state index in [-0.39, 0.29) is 18.2 Å². The third-order valence-corrected chi connectivity index (χ3v) is 6.90. The molecule has 200 valence electrons. The molecule has 0 saturated heterocycles. The fourth-order valence-corrected chi connectivity index (χ4v) is 4.97. The summed E-state index contributed by atoms with van der Waals surface area (Å²) >= 11 is 6.31. The maximum absolute atomic E-state index is 14.7. The number of fused-ring (bicyclic) bond motifs is 1. The number of amides is 2. The van der Waals surface area contributed by atoms with Gasteiger partial charge in [0.15, 0.2) is 6.10 Å². The molecule has 1 aliphatic heterocycles. The molecule has 6 nitrogen and oxygen atoms in total. The molecular formula is C28H33ClF2N2O4. The third-order valence-electron chi connectivity index (χ3n) is 6.66. The van der Waals surface area contributed by atoms with Gasteiger partial charge < -0.3 is 19.7 Å². The Balaban J connectivity index is 1.79. The smallest absolute Gasteiger partial charge is 0.267 e. The van der Waals surface area contributed by atoms with Crippen molar-refractivity contribution in [1.29, 1.82) is 0 Å². The molecule has 0 aromatic heterocycles. The first-order valence-corrected chi connectivity index (χ1v) is 13.0. The summed E-state index contributed by atoms with van der Waals surface area (Å²) in [6.45, 7) is 4.94. The Morgan fingerprint density at radius 2 is 1.81 bits per heavy atom. The van der Waals surface area contributed by atoms with Crippen molar-refractivity contribution in [2.75, 3.05) is 6.61 Å². The molecule has 1 fully saturated rings. The van der Waals surface area contributed by atoms with E-state index in [1.165, 1.54) is 11.0 Å². The monoisotopic (exact) mass is 534 g/mol. The molecule has 2 atom stereocenters. The summed E-state index contributed by atoms with van der Waals surface area (Å²) in [6, 6.07) is 7.02. The van der Waals surface area contributed by atoms with E-state index in [0.29, 0.717) is 16.3 Å². The van der Waals surface area contributed by atoms with Gasteiger partial charge in [-0.1, -0.05) is 36.9 Å². The van der Waals surface area contributed by atoms with Crippen LogP contribution in [0.4, 0.5) is 8.78 Å². The predicted octanol–water partition coefficient (Wildman–Crippen LogP) is 5.71. The molecule has 1 saturated carbocycles. The van der Waals surface area contributed by atoms with Gasteiger partial charge in [-0.2, -0.15) is 0 Å². The molecule has 2 aromatic carbocycles. The Morgan fingerprint density at radius 3 is 2.46 bits per heavy atom. The zero-order valence-corrected chi connectivity index (χ0v) is 22.1. The van der Waals surface area contributed by atoms with Gasteiger partial charge in [0, 0.05) is 22.2 Å². The number of carbonyl (C=O) groups excluding carboxylic acids is 2. The molecule has 0 spiro atoms. The molecule has 37 heavy (non-hydrogen) atoms. The van der Waals surface area contributed by atoms with Crippen molar-refractivity contribution in [3.05, 3.63) is 64.2 Å². The van der Waals surface area contributed by atoms with Crippen LogP contribution in [0.1, 0.15) is 70.0 Å². The Labute approximate surface area is 221 Å². The van der Waals surface area contributed by atoms with Crippen molar-refractivity contribution < 1.29 is 27.8 Å². The van der Waals surface area contributed by atoms with Gasteiger partial charge >= 0.3 is 0 Å². The second-order valence-corrected chi connectivity index (χ2v) is 11.1. The molecule has 9 heteroatoms. The number of rotatable bonds is 6. The Kier molecular flexibility index (Phi) is 8.39. The highest BCUT2D eigenvalue weighted by atomic mass is 35.5. The second-order valence-electron chi connectivity index (χ2n) is 10.6. The minimum absolute atomic E-state index is 0.0461. The molecule has 2 unspecified atom stereocenters. The minimum atomic E-state index is -1.21. The lowest BCUT2D eigenvalue weighted by Crippen LogP contribution is -2.50. The van der Waals surface area contributed by atoms with Crippen molar-refractivity contribution >= 4 is 23.4 Å². The van der Waals surface area contributed by atoms with Crippen LogP contribution < -0.4 is 10.1 Å². The summed E-state index contributed by atoms with van der Waals surface area (Å²) < 4.78 is 41.4. The first-order valence-electron chi connectivity index (χ1n) is 12.7. The first kappa shape index (κ1) is 27.3. The van der Waals surface area contributed by atoms with Crippen LogP contribution >= 0.6 is 11.6 Å². The summed E-state index contributed by atoms with van der Waals surface area (Å²) in [5.74, 6) is -2.37.